The van der Waals surface area contributed by atoms with Crippen LogP contribution < -0.4 is 5.01 Å². The smallest absolute Gasteiger partial charge is 0.428 e. The van der Waals surface area contributed by atoms with Gasteiger partial charge in [0, 0.05) is 6.54 Å². The molecule has 1 aliphatic rings. The molecule has 23 heavy (non-hydrogen) atoms. The molecule has 1 amide bonds. The van der Waals surface area contributed by atoms with E-state index >= 15 is 0 Å². The number of anilines is 1. The van der Waals surface area contributed by atoms with Gasteiger partial charge in [-0.2, -0.15) is 4.98 Å². The van der Waals surface area contributed by atoms with Crippen molar-refractivity contribution in [3.05, 3.63) is 21.6 Å². The molecule has 1 aliphatic carbocycles. The second kappa shape index (κ2) is 7.40. The Bertz CT molecular complexity index is 594. The van der Waals surface area contributed by atoms with Crippen LogP contribution in [0, 0.1) is 10.1 Å². The fourth-order valence-corrected chi connectivity index (χ4v) is 2.88. The topological polar surface area (TPSA) is 102 Å². The van der Waals surface area contributed by atoms with Crippen molar-refractivity contribution in [2.75, 3.05) is 18.7 Å². The zero-order valence-electron chi connectivity index (χ0n) is 12.9. The van der Waals surface area contributed by atoms with Crippen LogP contribution in [0.25, 0.3) is 0 Å². The number of nitrogens with zero attached hydrogens (tertiary/aromatic N) is 5. The van der Waals surface area contributed by atoms with Gasteiger partial charge in [-0.25, -0.2) is 14.8 Å². The van der Waals surface area contributed by atoms with E-state index in [0.29, 0.717) is 0 Å². The zero-order chi connectivity index (χ0) is 17.0. The number of hydrogen-bond donors (Lipinski definition) is 0. The van der Waals surface area contributed by atoms with Gasteiger partial charge in [0.2, 0.25) is 11.1 Å². The molecule has 0 bridgehead atoms. The summed E-state index contributed by atoms with van der Waals surface area (Å²) in [6.45, 7) is 2.04. The van der Waals surface area contributed by atoms with E-state index in [1.807, 2.05) is 0 Å². The highest BCUT2D eigenvalue weighted by atomic mass is 35.5. The predicted molar refractivity (Wildman–Crippen MR) is 83.2 cm³/mol. The number of hydrazine groups is 1. The number of methoxy groups -OCH3 is 1. The van der Waals surface area contributed by atoms with Crippen molar-refractivity contribution in [3.63, 3.8) is 0 Å². The van der Waals surface area contributed by atoms with Crippen LogP contribution in [0.1, 0.15) is 32.6 Å². The summed E-state index contributed by atoms with van der Waals surface area (Å²) in [5.41, 5.74) is -0.302. The van der Waals surface area contributed by atoms with Crippen LogP contribution in [0.5, 0.6) is 0 Å². The normalized spacial score (nSPS) is 14.6. The molecular formula is C13H18ClN5O4. The zero-order valence-corrected chi connectivity index (χ0v) is 13.7. The van der Waals surface area contributed by atoms with Crippen molar-refractivity contribution in [2.45, 2.75) is 38.6 Å². The Kier molecular flexibility index (Phi) is 5.54. The molecule has 0 radical (unpaired) electrons. The number of amides is 1. The highest BCUT2D eigenvalue weighted by molar-refractivity contribution is 6.28. The maximum Gasteiger partial charge on any atom is 0.428 e. The summed E-state index contributed by atoms with van der Waals surface area (Å²) in [5.74, 6) is 0.00847. The molecule has 10 heteroatoms. The van der Waals surface area contributed by atoms with E-state index in [2.05, 4.69) is 9.97 Å². The van der Waals surface area contributed by atoms with Gasteiger partial charge in [0.25, 0.3) is 0 Å². The first-order valence-electron chi connectivity index (χ1n) is 7.31. The van der Waals surface area contributed by atoms with Crippen molar-refractivity contribution in [1.29, 1.82) is 0 Å². The second-order valence-electron chi connectivity index (χ2n) is 5.07. The van der Waals surface area contributed by atoms with E-state index in [0.717, 1.165) is 31.9 Å². The van der Waals surface area contributed by atoms with Crippen LogP contribution >= 0.6 is 11.6 Å². The van der Waals surface area contributed by atoms with E-state index < -0.39 is 11.0 Å². The van der Waals surface area contributed by atoms with Gasteiger partial charge < -0.3 is 4.74 Å². The summed E-state index contributed by atoms with van der Waals surface area (Å²) in [6.07, 6.45) is 4.00. The van der Waals surface area contributed by atoms with Crippen LogP contribution in [0.15, 0.2) is 6.20 Å². The van der Waals surface area contributed by atoms with E-state index in [-0.39, 0.29) is 29.4 Å². The molecule has 0 saturated heterocycles. The Labute approximate surface area is 138 Å². The minimum Gasteiger partial charge on any atom is -0.452 e. The molecule has 0 spiro atoms. The summed E-state index contributed by atoms with van der Waals surface area (Å²) in [6, 6.07) is -0.0845. The summed E-state index contributed by atoms with van der Waals surface area (Å²) in [5, 5.41) is 14.0. The number of nitro groups is 1. The molecule has 1 fully saturated rings. The number of aromatic nitrogens is 2. The van der Waals surface area contributed by atoms with Crippen LogP contribution in [0.3, 0.4) is 0 Å². The summed E-state index contributed by atoms with van der Waals surface area (Å²) >= 11 is 5.83. The minimum atomic E-state index is -0.608. The van der Waals surface area contributed by atoms with Crippen molar-refractivity contribution < 1.29 is 14.5 Å². The Hall–Kier alpha value is -2.16. The van der Waals surface area contributed by atoms with Gasteiger partial charge in [0.15, 0.2) is 0 Å². The second-order valence-corrected chi connectivity index (χ2v) is 5.41. The molecular weight excluding hydrogens is 326 g/mol. The number of carbonyl (C=O) groups excluding carboxylic acids is 1. The summed E-state index contributed by atoms with van der Waals surface area (Å²) in [7, 11) is 1.26. The van der Waals surface area contributed by atoms with Crippen molar-refractivity contribution in [2.24, 2.45) is 0 Å². The standard InChI is InChI=1S/C13H18ClN5O4/c1-3-17(13(20)23-2)18(9-6-4-5-7-9)11-10(19(21)22)8-15-12(14)16-11/h8-9H,3-7H2,1-2H3. The third-order valence-corrected chi connectivity index (χ3v) is 3.93. The Balaban J connectivity index is 2.55. The largest absolute Gasteiger partial charge is 0.452 e. The molecule has 0 unspecified atom stereocenters. The Morgan fingerprint density at radius 2 is 2.17 bits per heavy atom. The average Bonchev–Trinajstić information content (AvgIpc) is 3.05. The molecule has 0 aliphatic heterocycles. The van der Waals surface area contributed by atoms with Crippen LogP contribution in [-0.4, -0.2) is 45.7 Å². The number of ether oxygens (including phenoxy) is 1. The van der Waals surface area contributed by atoms with Gasteiger partial charge in [-0.05, 0) is 31.4 Å². The fourth-order valence-electron chi connectivity index (χ4n) is 2.75. The van der Waals surface area contributed by atoms with Gasteiger partial charge in [-0.1, -0.05) is 12.8 Å². The minimum absolute atomic E-state index is 0.00847. The first-order chi connectivity index (χ1) is 11.0. The quantitative estimate of drug-likeness (QED) is 0.460. The van der Waals surface area contributed by atoms with Crippen LogP contribution in [0.4, 0.5) is 16.3 Å². The van der Waals surface area contributed by atoms with Crippen LogP contribution in [-0.2, 0) is 4.74 Å². The van der Waals surface area contributed by atoms with Crippen molar-refractivity contribution in [1.82, 2.24) is 15.0 Å². The van der Waals surface area contributed by atoms with E-state index in [1.165, 1.54) is 17.1 Å². The van der Waals surface area contributed by atoms with Gasteiger partial charge in [0.1, 0.15) is 6.20 Å². The monoisotopic (exact) mass is 343 g/mol. The SMILES string of the molecule is CCN(C(=O)OC)N(c1nc(Cl)ncc1[N+](=O)[O-])C1CCCC1. The van der Waals surface area contributed by atoms with Crippen LogP contribution in [0.2, 0.25) is 5.28 Å². The average molecular weight is 344 g/mol. The number of carbonyl (C=O) groups is 1. The highest BCUT2D eigenvalue weighted by Crippen LogP contribution is 2.34. The molecule has 9 nitrogen and oxygen atoms in total. The summed E-state index contributed by atoms with van der Waals surface area (Å²) in [4.78, 5) is 30.5. The maximum atomic E-state index is 12.1. The number of halogens is 1. The summed E-state index contributed by atoms with van der Waals surface area (Å²) < 4.78 is 4.79. The van der Waals surface area contributed by atoms with E-state index in [9.17, 15) is 14.9 Å². The highest BCUT2D eigenvalue weighted by Gasteiger charge is 2.36. The number of hydrogen-bond acceptors (Lipinski definition) is 7. The van der Waals surface area contributed by atoms with Crippen molar-refractivity contribution >= 4 is 29.2 Å². The lowest BCUT2D eigenvalue weighted by molar-refractivity contribution is -0.384. The number of rotatable bonds is 5. The molecule has 1 aromatic rings. The third kappa shape index (κ3) is 3.61. The lowest BCUT2D eigenvalue weighted by atomic mass is 10.2. The van der Waals surface area contributed by atoms with Gasteiger partial charge >= 0.3 is 11.8 Å². The van der Waals surface area contributed by atoms with Crippen molar-refractivity contribution in [3.8, 4) is 0 Å². The molecule has 0 atom stereocenters. The molecule has 126 valence electrons. The maximum absolute atomic E-state index is 12.1. The fraction of sp³-hybridized carbons (Fsp3) is 0.615. The molecule has 2 rings (SSSR count). The Morgan fingerprint density at radius 1 is 1.52 bits per heavy atom. The molecule has 0 aromatic carbocycles. The molecule has 0 N–H and O–H groups in total. The van der Waals surface area contributed by atoms with E-state index in [1.54, 1.807) is 6.92 Å². The third-order valence-electron chi connectivity index (χ3n) is 3.75. The van der Waals surface area contributed by atoms with E-state index in [4.69, 9.17) is 16.3 Å². The first kappa shape index (κ1) is 17.2. The van der Waals surface area contributed by atoms with Gasteiger partial charge in [-0.15, -0.1) is 0 Å². The predicted octanol–water partition coefficient (Wildman–Crippen LogP) is 2.79. The van der Waals surface area contributed by atoms with Gasteiger partial charge in [-0.3, -0.25) is 15.1 Å². The molecule has 1 aromatic heterocycles. The Morgan fingerprint density at radius 3 is 2.70 bits per heavy atom. The lowest BCUT2D eigenvalue weighted by Crippen LogP contribution is -2.52. The first-order valence-corrected chi connectivity index (χ1v) is 7.69. The lowest BCUT2D eigenvalue weighted by Gasteiger charge is -2.37. The molecule has 1 saturated carbocycles. The van der Waals surface area contributed by atoms with Gasteiger partial charge in [0.05, 0.1) is 18.1 Å². The molecule has 1 heterocycles.